The van der Waals surface area contributed by atoms with Gasteiger partial charge in [0.25, 0.3) is 0 Å². The number of nitrogens with one attached hydrogen (secondary N) is 1. The van der Waals surface area contributed by atoms with E-state index < -0.39 is 11.6 Å². The highest BCUT2D eigenvalue weighted by Crippen LogP contribution is 2.31. The molecule has 0 aliphatic carbocycles. The second-order valence-corrected chi connectivity index (χ2v) is 6.38. The number of fused-ring (bicyclic) bond motifs is 1. The largest absolute Gasteiger partial charge is 0.485 e. The van der Waals surface area contributed by atoms with Crippen LogP contribution in [0.25, 0.3) is 22.0 Å². The zero-order chi connectivity index (χ0) is 19.0. The lowest BCUT2D eigenvalue weighted by Crippen LogP contribution is -2.04. The maximum atomic E-state index is 13.9. The number of aromatic nitrogens is 2. The molecule has 0 spiro atoms. The highest BCUT2D eigenvalue weighted by Gasteiger charge is 2.14. The van der Waals surface area contributed by atoms with Gasteiger partial charge < -0.3 is 15.5 Å². The summed E-state index contributed by atoms with van der Waals surface area (Å²) in [6.07, 6.45) is 3.49. The molecule has 0 bridgehead atoms. The summed E-state index contributed by atoms with van der Waals surface area (Å²) in [5.74, 6) is -0.950. The van der Waals surface area contributed by atoms with Crippen LogP contribution in [0.3, 0.4) is 0 Å². The molecule has 7 heteroatoms. The van der Waals surface area contributed by atoms with Crippen LogP contribution in [0.5, 0.6) is 5.75 Å². The quantitative estimate of drug-likeness (QED) is 0.467. The number of halogens is 3. The molecular formula is C20H14ClF2N3O. The van der Waals surface area contributed by atoms with Crippen molar-refractivity contribution < 1.29 is 13.5 Å². The number of benzene rings is 2. The van der Waals surface area contributed by atoms with E-state index >= 15 is 0 Å². The Balaban J connectivity index is 1.64. The summed E-state index contributed by atoms with van der Waals surface area (Å²) >= 11 is 5.83. The molecule has 0 aliphatic rings. The Labute approximate surface area is 158 Å². The Morgan fingerprint density at radius 3 is 2.70 bits per heavy atom. The van der Waals surface area contributed by atoms with Gasteiger partial charge in [-0.3, -0.25) is 0 Å². The molecule has 27 heavy (non-hydrogen) atoms. The molecule has 4 aromatic rings. The Bertz CT molecular complexity index is 1140. The van der Waals surface area contributed by atoms with Crippen molar-refractivity contribution in [3.63, 3.8) is 0 Å². The Kier molecular flexibility index (Phi) is 4.41. The number of ether oxygens (including phenoxy) is 1. The summed E-state index contributed by atoms with van der Waals surface area (Å²) in [7, 11) is 0. The van der Waals surface area contributed by atoms with E-state index in [4.69, 9.17) is 22.1 Å². The number of nitrogens with zero attached hydrogens (tertiary/aromatic N) is 1. The van der Waals surface area contributed by atoms with Gasteiger partial charge in [0, 0.05) is 29.0 Å². The molecule has 0 unspecified atom stereocenters. The van der Waals surface area contributed by atoms with Crippen molar-refractivity contribution in [2.24, 2.45) is 0 Å². The smallest absolute Gasteiger partial charge is 0.166 e. The number of aromatic amines is 1. The third-order valence-corrected chi connectivity index (χ3v) is 4.69. The van der Waals surface area contributed by atoms with Crippen molar-refractivity contribution in [2.75, 3.05) is 5.73 Å². The first-order valence-corrected chi connectivity index (χ1v) is 8.49. The molecular weight excluding hydrogens is 372 g/mol. The maximum absolute atomic E-state index is 13.9. The number of hydrogen-bond donors (Lipinski definition) is 2. The van der Waals surface area contributed by atoms with Crippen LogP contribution in [-0.4, -0.2) is 9.97 Å². The maximum Gasteiger partial charge on any atom is 0.166 e. The minimum absolute atomic E-state index is 0.0739. The highest BCUT2D eigenvalue weighted by molar-refractivity contribution is 6.31. The van der Waals surface area contributed by atoms with Crippen LogP contribution in [0.4, 0.5) is 14.6 Å². The van der Waals surface area contributed by atoms with Crippen LogP contribution in [0.1, 0.15) is 5.56 Å². The van der Waals surface area contributed by atoms with Gasteiger partial charge in [-0.25, -0.2) is 13.8 Å². The first-order valence-electron chi connectivity index (χ1n) is 8.11. The summed E-state index contributed by atoms with van der Waals surface area (Å²) < 4.78 is 33.1. The summed E-state index contributed by atoms with van der Waals surface area (Å²) in [5.41, 5.74) is 8.53. The topological polar surface area (TPSA) is 63.9 Å². The molecule has 4 nitrogen and oxygen atoms in total. The van der Waals surface area contributed by atoms with Gasteiger partial charge >= 0.3 is 0 Å². The number of pyridine rings is 1. The van der Waals surface area contributed by atoms with Crippen LogP contribution >= 0.6 is 11.6 Å². The summed E-state index contributed by atoms with van der Waals surface area (Å²) in [4.78, 5) is 7.28. The Hall–Kier alpha value is -3.12. The molecule has 0 atom stereocenters. The van der Waals surface area contributed by atoms with Crippen molar-refractivity contribution in [3.05, 3.63) is 77.1 Å². The Morgan fingerprint density at radius 1 is 1.04 bits per heavy atom. The minimum atomic E-state index is -0.712. The number of anilines is 1. The third kappa shape index (κ3) is 3.31. The normalized spacial score (nSPS) is 11.1. The standard InChI is InChI=1S/C20H14ClF2N3O/c21-19-14(15(22)2-3-16(19)23)10-27-18-8-13(9-26-20(18)24)11-1-4-17-12(7-11)5-6-25-17/h1-9,25H,10H2,(H2,24,26). The van der Waals surface area contributed by atoms with Crippen LogP contribution in [-0.2, 0) is 6.61 Å². The highest BCUT2D eigenvalue weighted by atomic mass is 35.5. The van der Waals surface area contributed by atoms with E-state index in [0.29, 0.717) is 0 Å². The average Bonchev–Trinajstić information content (AvgIpc) is 3.14. The van der Waals surface area contributed by atoms with Crippen LogP contribution in [0.15, 0.2) is 54.9 Å². The van der Waals surface area contributed by atoms with Crippen molar-refractivity contribution in [3.8, 4) is 16.9 Å². The number of nitrogen functional groups attached to an aromatic ring is 1. The van der Waals surface area contributed by atoms with E-state index in [2.05, 4.69) is 9.97 Å². The SMILES string of the molecule is Nc1ncc(-c2ccc3[nH]ccc3c2)cc1OCc1c(F)ccc(F)c1Cl. The lowest BCUT2D eigenvalue weighted by atomic mass is 10.1. The molecule has 2 heterocycles. The van der Waals surface area contributed by atoms with Crippen LogP contribution < -0.4 is 10.5 Å². The third-order valence-electron chi connectivity index (χ3n) is 4.28. The van der Waals surface area contributed by atoms with Crippen molar-refractivity contribution in [1.29, 1.82) is 0 Å². The van der Waals surface area contributed by atoms with Gasteiger partial charge in [-0.1, -0.05) is 17.7 Å². The molecule has 3 N–H and O–H groups in total. The minimum Gasteiger partial charge on any atom is -0.485 e. The molecule has 4 rings (SSSR count). The number of H-pyrrole nitrogens is 1. The van der Waals surface area contributed by atoms with E-state index in [-0.39, 0.29) is 28.8 Å². The molecule has 2 aromatic heterocycles. The van der Waals surface area contributed by atoms with Gasteiger partial charge in [0.1, 0.15) is 18.2 Å². The molecule has 0 radical (unpaired) electrons. The van der Waals surface area contributed by atoms with E-state index in [1.54, 1.807) is 12.3 Å². The molecule has 0 saturated carbocycles. The predicted molar refractivity (Wildman–Crippen MR) is 102 cm³/mol. The fraction of sp³-hybridized carbons (Fsp3) is 0.0500. The molecule has 0 amide bonds. The average molecular weight is 386 g/mol. The summed E-state index contributed by atoms with van der Waals surface area (Å²) in [6, 6.07) is 11.6. The first kappa shape index (κ1) is 17.3. The zero-order valence-corrected chi connectivity index (χ0v) is 14.7. The van der Waals surface area contributed by atoms with E-state index in [1.807, 2.05) is 30.5 Å². The van der Waals surface area contributed by atoms with E-state index in [1.165, 1.54) is 0 Å². The zero-order valence-electron chi connectivity index (χ0n) is 14.0. The van der Waals surface area contributed by atoms with Crippen molar-refractivity contribution in [2.45, 2.75) is 6.61 Å². The number of rotatable bonds is 4. The van der Waals surface area contributed by atoms with Gasteiger partial charge in [-0.05, 0) is 47.3 Å². The molecule has 0 fully saturated rings. The summed E-state index contributed by atoms with van der Waals surface area (Å²) in [6.45, 7) is -0.269. The second kappa shape index (κ2) is 6.89. The predicted octanol–water partition coefficient (Wildman–Crippen LogP) is 5.32. The monoisotopic (exact) mass is 385 g/mol. The van der Waals surface area contributed by atoms with Gasteiger partial charge in [-0.2, -0.15) is 0 Å². The van der Waals surface area contributed by atoms with Gasteiger partial charge in [0.05, 0.1) is 5.02 Å². The van der Waals surface area contributed by atoms with Gasteiger partial charge in [0.2, 0.25) is 0 Å². The fourth-order valence-electron chi connectivity index (χ4n) is 2.81. The fourth-order valence-corrected chi connectivity index (χ4v) is 3.02. The summed E-state index contributed by atoms with van der Waals surface area (Å²) in [5, 5.41) is 0.746. The number of nitrogens with two attached hydrogens (primary N) is 1. The van der Waals surface area contributed by atoms with Crippen LogP contribution in [0.2, 0.25) is 5.02 Å². The number of hydrogen-bond acceptors (Lipinski definition) is 3. The lowest BCUT2D eigenvalue weighted by Gasteiger charge is -2.12. The first-order chi connectivity index (χ1) is 13.0. The second-order valence-electron chi connectivity index (χ2n) is 6.00. The molecule has 136 valence electrons. The molecule has 0 saturated heterocycles. The van der Waals surface area contributed by atoms with Gasteiger partial charge in [-0.15, -0.1) is 0 Å². The van der Waals surface area contributed by atoms with Crippen molar-refractivity contribution >= 4 is 28.3 Å². The van der Waals surface area contributed by atoms with Crippen molar-refractivity contribution in [1.82, 2.24) is 9.97 Å². The van der Waals surface area contributed by atoms with E-state index in [9.17, 15) is 8.78 Å². The van der Waals surface area contributed by atoms with E-state index in [0.717, 1.165) is 34.2 Å². The van der Waals surface area contributed by atoms with Crippen LogP contribution in [0, 0.1) is 11.6 Å². The molecule has 2 aromatic carbocycles. The van der Waals surface area contributed by atoms with Gasteiger partial charge in [0.15, 0.2) is 11.6 Å². The lowest BCUT2D eigenvalue weighted by molar-refractivity contribution is 0.300. The Morgan fingerprint density at radius 2 is 1.85 bits per heavy atom. The molecule has 0 aliphatic heterocycles.